The quantitative estimate of drug-likeness (QED) is 0.264. The number of allylic oxidation sites excluding steroid dienone is 1. The van der Waals surface area contributed by atoms with Gasteiger partial charge in [-0.05, 0) is 84.3 Å². The summed E-state index contributed by atoms with van der Waals surface area (Å²) in [5.41, 5.74) is 1.43. The van der Waals surface area contributed by atoms with Crippen molar-refractivity contribution in [3.63, 3.8) is 0 Å². The van der Waals surface area contributed by atoms with E-state index in [2.05, 4.69) is 27.9 Å². The van der Waals surface area contributed by atoms with E-state index < -0.39 is 18.2 Å². The van der Waals surface area contributed by atoms with Crippen molar-refractivity contribution in [2.45, 2.75) is 25.4 Å². The summed E-state index contributed by atoms with van der Waals surface area (Å²) in [7, 11) is 0. The number of phenolic OH excluding ortho intramolecular Hbond substituents is 1. The second-order valence-corrected chi connectivity index (χ2v) is 7.33. The van der Waals surface area contributed by atoms with Gasteiger partial charge < -0.3 is 14.9 Å². The number of rotatable bonds is 8. The fourth-order valence-corrected chi connectivity index (χ4v) is 3.09. The first-order chi connectivity index (χ1) is 13.9. The molecule has 0 aliphatic rings. The summed E-state index contributed by atoms with van der Waals surface area (Å²) < 4.78 is 6.42. The van der Waals surface area contributed by atoms with E-state index in [4.69, 9.17) is 15.1 Å². The van der Waals surface area contributed by atoms with Gasteiger partial charge in [0.25, 0.3) is 0 Å². The molecule has 29 heavy (non-hydrogen) atoms. The molecule has 0 fully saturated rings. The molecule has 0 aliphatic carbocycles. The van der Waals surface area contributed by atoms with Crippen LogP contribution in [0.3, 0.4) is 0 Å². The molecule has 2 rings (SSSR count). The second kappa shape index (κ2) is 11.1. The number of halogens is 1. The Balaban J connectivity index is 2.08. The highest BCUT2D eigenvalue weighted by molar-refractivity contribution is 14.1. The molecular weight excluding hydrogens is 487 g/mol. The lowest BCUT2D eigenvalue weighted by molar-refractivity contribution is -0.131. The Bertz CT molecular complexity index is 935. The molecule has 2 aromatic carbocycles. The van der Waals surface area contributed by atoms with Gasteiger partial charge in [0.05, 0.1) is 11.6 Å². The standard InChI is InChI=1S/C21H19IN2O5/c22-15-8-11-18(25)17(12-15)19(4-2-1-3-5-20(26)27)29-21(28)24-16-9-6-14(13-23)7-10-16/h3,5-12,19,25H,1-2,4H2,(H,24,28)(H,26,27)/b5-3+/t19-/m1/s1. The first kappa shape index (κ1) is 22.2. The zero-order valence-electron chi connectivity index (χ0n) is 15.3. The third-order valence-electron chi connectivity index (χ3n) is 3.94. The number of anilines is 1. The number of nitrogens with one attached hydrogen (secondary N) is 1. The van der Waals surface area contributed by atoms with E-state index in [1.165, 1.54) is 12.1 Å². The van der Waals surface area contributed by atoms with Crippen molar-refractivity contribution in [2.24, 2.45) is 0 Å². The monoisotopic (exact) mass is 506 g/mol. The first-order valence-electron chi connectivity index (χ1n) is 8.74. The number of amides is 1. The molecule has 0 saturated carbocycles. The minimum absolute atomic E-state index is 0.0164. The van der Waals surface area contributed by atoms with E-state index >= 15 is 0 Å². The van der Waals surface area contributed by atoms with Crippen molar-refractivity contribution >= 4 is 40.3 Å². The molecule has 1 atom stereocenters. The van der Waals surface area contributed by atoms with Crippen LogP contribution in [0.2, 0.25) is 0 Å². The van der Waals surface area contributed by atoms with Crippen LogP contribution in [0.25, 0.3) is 0 Å². The number of phenols is 1. The van der Waals surface area contributed by atoms with Crippen LogP contribution in [-0.2, 0) is 9.53 Å². The lowest BCUT2D eigenvalue weighted by Gasteiger charge is -2.20. The molecule has 0 bridgehead atoms. The van der Waals surface area contributed by atoms with Crippen LogP contribution < -0.4 is 5.32 Å². The topological polar surface area (TPSA) is 120 Å². The average Bonchev–Trinajstić information content (AvgIpc) is 2.69. The van der Waals surface area contributed by atoms with Gasteiger partial charge in [0.2, 0.25) is 0 Å². The summed E-state index contributed by atoms with van der Waals surface area (Å²) in [6, 6.07) is 13.4. The fourth-order valence-electron chi connectivity index (χ4n) is 2.57. The number of aliphatic carboxylic acids is 1. The summed E-state index contributed by atoms with van der Waals surface area (Å²) in [5, 5.41) is 30.3. The molecule has 1 amide bonds. The summed E-state index contributed by atoms with van der Waals surface area (Å²) in [6.07, 6.45) is 2.65. The Labute approximate surface area is 181 Å². The van der Waals surface area contributed by atoms with E-state index in [0.717, 1.165) is 9.65 Å². The third kappa shape index (κ3) is 7.46. The molecule has 0 aromatic heterocycles. The van der Waals surface area contributed by atoms with Crippen molar-refractivity contribution in [3.05, 3.63) is 69.3 Å². The molecule has 3 N–H and O–H groups in total. The highest BCUT2D eigenvalue weighted by atomic mass is 127. The predicted octanol–water partition coefficient (Wildman–Crippen LogP) is 4.97. The van der Waals surface area contributed by atoms with Gasteiger partial charge >= 0.3 is 12.1 Å². The Kier molecular flexibility index (Phi) is 8.48. The molecule has 0 aliphatic heterocycles. The maximum Gasteiger partial charge on any atom is 0.412 e. The molecule has 0 saturated heterocycles. The van der Waals surface area contributed by atoms with E-state index in [-0.39, 0.29) is 5.75 Å². The van der Waals surface area contributed by atoms with Crippen LogP contribution >= 0.6 is 22.6 Å². The number of benzene rings is 2. The number of aromatic hydroxyl groups is 1. The van der Waals surface area contributed by atoms with Crippen molar-refractivity contribution in [1.29, 1.82) is 5.26 Å². The number of carboxylic acid groups (broad SMARTS) is 1. The zero-order chi connectivity index (χ0) is 21.2. The summed E-state index contributed by atoms with van der Waals surface area (Å²) in [6.45, 7) is 0. The van der Waals surface area contributed by atoms with Crippen LogP contribution in [0.15, 0.2) is 54.6 Å². The van der Waals surface area contributed by atoms with Crippen molar-refractivity contribution in [1.82, 2.24) is 0 Å². The van der Waals surface area contributed by atoms with Gasteiger partial charge in [-0.25, -0.2) is 9.59 Å². The van der Waals surface area contributed by atoms with Gasteiger partial charge in [-0.3, -0.25) is 5.32 Å². The highest BCUT2D eigenvalue weighted by Gasteiger charge is 2.20. The molecule has 8 heteroatoms. The van der Waals surface area contributed by atoms with Crippen LogP contribution in [-0.4, -0.2) is 22.3 Å². The number of nitrogens with zero attached hydrogens (tertiary/aromatic N) is 1. The third-order valence-corrected chi connectivity index (χ3v) is 4.61. The molecule has 2 aromatic rings. The molecule has 150 valence electrons. The van der Waals surface area contributed by atoms with Crippen molar-refractivity contribution in [3.8, 4) is 11.8 Å². The number of carbonyl (C=O) groups excluding carboxylic acids is 1. The van der Waals surface area contributed by atoms with Crippen LogP contribution in [0.4, 0.5) is 10.5 Å². The SMILES string of the molecule is N#Cc1ccc(NC(=O)O[C@H](CCC/C=C/C(=O)O)c2cc(I)ccc2O)cc1. The molecule has 0 radical (unpaired) electrons. The van der Waals surface area contributed by atoms with Gasteiger partial charge in [0.15, 0.2) is 0 Å². The van der Waals surface area contributed by atoms with Gasteiger partial charge in [-0.15, -0.1) is 0 Å². The van der Waals surface area contributed by atoms with Crippen molar-refractivity contribution < 1.29 is 24.5 Å². The summed E-state index contributed by atoms with van der Waals surface area (Å²) >= 11 is 2.10. The van der Waals surface area contributed by atoms with Gasteiger partial charge in [0.1, 0.15) is 11.9 Å². The van der Waals surface area contributed by atoms with Gasteiger partial charge in [-0.2, -0.15) is 5.26 Å². The molecule has 0 spiro atoms. The number of hydrogen-bond acceptors (Lipinski definition) is 5. The van der Waals surface area contributed by atoms with Gasteiger partial charge in [-0.1, -0.05) is 6.08 Å². The minimum Gasteiger partial charge on any atom is -0.508 e. The van der Waals surface area contributed by atoms with Crippen LogP contribution in [0, 0.1) is 14.9 Å². The molecule has 0 heterocycles. The summed E-state index contributed by atoms with van der Waals surface area (Å²) in [5.74, 6) is -1.00. The van der Waals surface area contributed by atoms with E-state index in [9.17, 15) is 14.7 Å². The smallest absolute Gasteiger partial charge is 0.412 e. The number of carboxylic acids is 1. The molecule has 0 unspecified atom stereocenters. The normalized spacial score (nSPS) is 11.6. The number of ether oxygens (including phenoxy) is 1. The van der Waals surface area contributed by atoms with E-state index in [1.54, 1.807) is 36.4 Å². The lowest BCUT2D eigenvalue weighted by atomic mass is 10.0. The molecular formula is C21H19IN2O5. The Morgan fingerprint density at radius 3 is 2.62 bits per heavy atom. The average molecular weight is 506 g/mol. The Morgan fingerprint density at radius 2 is 1.97 bits per heavy atom. The second-order valence-electron chi connectivity index (χ2n) is 6.08. The van der Waals surface area contributed by atoms with Crippen molar-refractivity contribution in [2.75, 3.05) is 5.32 Å². The number of hydrogen-bond donors (Lipinski definition) is 3. The minimum atomic E-state index is -1.02. The largest absolute Gasteiger partial charge is 0.508 e. The van der Waals surface area contributed by atoms with E-state index in [0.29, 0.717) is 36.1 Å². The number of carbonyl (C=O) groups is 2. The number of unbranched alkanes of at least 4 members (excludes halogenated alkanes) is 1. The Morgan fingerprint density at radius 1 is 1.24 bits per heavy atom. The Hall–Kier alpha value is -3.06. The van der Waals surface area contributed by atoms with E-state index in [1.807, 2.05) is 6.07 Å². The lowest BCUT2D eigenvalue weighted by Crippen LogP contribution is -2.18. The van der Waals surface area contributed by atoms with Gasteiger partial charge in [0, 0.05) is 20.9 Å². The van der Waals surface area contributed by atoms with Crippen LogP contribution in [0.5, 0.6) is 5.75 Å². The predicted molar refractivity (Wildman–Crippen MR) is 115 cm³/mol. The maximum atomic E-state index is 12.4. The highest BCUT2D eigenvalue weighted by Crippen LogP contribution is 2.32. The zero-order valence-corrected chi connectivity index (χ0v) is 17.5. The first-order valence-corrected chi connectivity index (χ1v) is 9.82. The fraction of sp³-hybridized carbons (Fsp3) is 0.190. The summed E-state index contributed by atoms with van der Waals surface area (Å²) in [4.78, 5) is 22.9. The molecule has 7 nitrogen and oxygen atoms in total. The maximum absolute atomic E-state index is 12.4. The number of nitriles is 1. The van der Waals surface area contributed by atoms with Crippen LogP contribution in [0.1, 0.15) is 36.5 Å².